The molecule has 0 unspecified atom stereocenters. The molecule has 4 rings (SSSR count). The minimum atomic E-state index is -0.252. The predicted molar refractivity (Wildman–Crippen MR) is 98.9 cm³/mol. The lowest BCUT2D eigenvalue weighted by atomic mass is 10.1. The molecule has 0 spiro atoms. The number of rotatable bonds is 5. The summed E-state index contributed by atoms with van der Waals surface area (Å²) in [5.74, 6) is 1.27. The van der Waals surface area contributed by atoms with E-state index in [1.807, 2.05) is 32.0 Å². The zero-order valence-corrected chi connectivity index (χ0v) is 15.2. The number of aromatic nitrogens is 3. The highest BCUT2D eigenvalue weighted by Crippen LogP contribution is 2.35. The van der Waals surface area contributed by atoms with E-state index >= 15 is 0 Å². The molecule has 1 aliphatic rings. The lowest BCUT2D eigenvalue weighted by molar-refractivity contribution is -0.131. The van der Waals surface area contributed by atoms with E-state index in [9.17, 15) is 9.59 Å². The van der Waals surface area contributed by atoms with Gasteiger partial charge in [-0.05, 0) is 38.1 Å². The summed E-state index contributed by atoms with van der Waals surface area (Å²) in [7, 11) is 0. The van der Waals surface area contributed by atoms with Gasteiger partial charge in [0.1, 0.15) is 12.1 Å². The molecule has 0 fully saturated rings. The Morgan fingerprint density at radius 1 is 1.15 bits per heavy atom. The van der Waals surface area contributed by atoms with E-state index in [1.54, 1.807) is 23.4 Å². The zero-order chi connectivity index (χ0) is 19.0. The van der Waals surface area contributed by atoms with Gasteiger partial charge in [-0.2, -0.15) is 5.10 Å². The summed E-state index contributed by atoms with van der Waals surface area (Å²) in [6.07, 6.45) is 3.27. The summed E-state index contributed by atoms with van der Waals surface area (Å²) in [6.45, 7) is 5.29. The quantitative estimate of drug-likeness (QED) is 0.686. The van der Waals surface area contributed by atoms with E-state index in [0.717, 1.165) is 5.56 Å². The van der Waals surface area contributed by atoms with E-state index in [1.165, 1.54) is 9.08 Å². The molecule has 2 aromatic heterocycles. The van der Waals surface area contributed by atoms with Crippen LogP contribution in [-0.2, 0) is 11.3 Å². The number of fused-ring (bicyclic) bond motifs is 2. The average molecular weight is 368 g/mol. The van der Waals surface area contributed by atoms with Crippen LogP contribution in [0.3, 0.4) is 0 Å². The van der Waals surface area contributed by atoms with Crippen molar-refractivity contribution in [2.75, 3.05) is 19.9 Å². The number of carbonyl (C=O) groups excluding carboxylic acids is 1. The van der Waals surface area contributed by atoms with Crippen LogP contribution in [0.2, 0.25) is 0 Å². The summed E-state index contributed by atoms with van der Waals surface area (Å²) in [4.78, 5) is 26.8. The maximum absolute atomic E-state index is 12.8. The fraction of sp³-hybridized carbons (Fsp3) is 0.316. The van der Waals surface area contributed by atoms with Crippen LogP contribution in [-0.4, -0.2) is 44.9 Å². The van der Waals surface area contributed by atoms with Crippen molar-refractivity contribution in [3.8, 4) is 22.8 Å². The molecule has 0 N–H and O–H groups in total. The third kappa shape index (κ3) is 3.03. The van der Waals surface area contributed by atoms with Crippen LogP contribution < -0.4 is 15.0 Å². The normalized spacial score (nSPS) is 12.5. The molecule has 8 heteroatoms. The largest absolute Gasteiger partial charge is 0.454 e. The summed E-state index contributed by atoms with van der Waals surface area (Å²) in [5, 5.41) is 4.47. The Labute approximate surface area is 155 Å². The Hall–Kier alpha value is -3.29. The first-order chi connectivity index (χ1) is 13.1. The molecule has 140 valence electrons. The average Bonchev–Trinajstić information content (AvgIpc) is 3.31. The van der Waals surface area contributed by atoms with Gasteiger partial charge in [0.15, 0.2) is 11.5 Å². The molecule has 0 bridgehead atoms. The molecular formula is C19H20N4O4. The van der Waals surface area contributed by atoms with Gasteiger partial charge < -0.3 is 18.9 Å². The van der Waals surface area contributed by atoms with E-state index < -0.39 is 0 Å². The summed E-state index contributed by atoms with van der Waals surface area (Å²) in [6, 6.07) is 7.26. The van der Waals surface area contributed by atoms with Crippen molar-refractivity contribution < 1.29 is 14.3 Å². The standard InChI is InChI=1S/C19H20N4O4/c1-3-21(4-2)18(24)11-22-7-8-23-15(19(22)25)10-14(20-23)13-5-6-16-17(9-13)27-12-26-16/h5-10H,3-4,11-12H2,1-2H3. The fourth-order valence-corrected chi connectivity index (χ4v) is 3.17. The second kappa shape index (κ2) is 6.79. The van der Waals surface area contributed by atoms with Gasteiger partial charge in [-0.1, -0.05) is 0 Å². The fourth-order valence-electron chi connectivity index (χ4n) is 3.17. The maximum Gasteiger partial charge on any atom is 0.277 e. The van der Waals surface area contributed by atoms with Crippen molar-refractivity contribution in [3.63, 3.8) is 0 Å². The van der Waals surface area contributed by atoms with Crippen LogP contribution in [0.15, 0.2) is 41.5 Å². The minimum Gasteiger partial charge on any atom is -0.454 e. The third-order valence-corrected chi connectivity index (χ3v) is 4.69. The van der Waals surface area contributed by atoms with Gasteiger partial charge in [0, 0.05) is 31.0 Å². The predicted octanol–water partition coefficient (Wildman–Crippen LogP) is 1.76. The molecule has 1 aliphatic heterocycles. The summed E-state index contributed by atoms with van der Waals surface area (Å²) >= 11 is 0. The van der Waals surface area contributed by atoms with Crippen LogP contribution in [0.1, 0.15) is 13.8 Å². The van der Waals surface area contributed by atoms with Crippen molar-refractivity contribution >= 4 is 11.4 Å². The van der Waals surface area contributed by atoms with Gasteiger partial charge in [0.2, 0.25) is 12.7 Å². The van der Waals surface area contributed by atoms with Gasteiger partial charge in [0.05, 0.1) is 5.69 Å². The smallest absolute Gasteiger partial charge is 0.277 e. The van der Waals surface area contributed by atoms with Gasteiger partial charge in [0.25, 0.3) is 5.56 Å². The van der Waals surface area contributed by atoms with E-state index in [0.29, 0.717) is 35.8 Å². The second-order valence-corrected chi connectivity index (χ2v) is 6.22. The van der Waals surface area contributed by atoms with Crippen molar-refractivity contribution in [3.05, 3.63) is 47.0 Å². The molecule has 3 aromatic rings. The summed E-state index contributed by atoms with van der Waals surface area (Å²) < 4.78 is 13.7. The Bertz CT molecular complexity index is 1070. The van der Waals surface area contributed by atoms with Gasteiger partial charge in [-0.15, -0.1) is 0 Å². The van der Waals surface area contributed by atoms with Crippen molar-refractivity contribution in [2.24, 2.45) is 0 Å². The third-order valence-electron chi connectivity index (χ3n) is 4.69. The SMILES string of the molecule is CCN(CC)C(=O)Cn1ccn2nc(-c3ccc4c(c3)OCO4)cc2c1=O. The van der Waals surface area contributed by atoms with E-state index in [2.05, 4.69) is 5.10 Å². The highest BCUT2D eigenvalue weighted by atomic mass is 16.7. The number of nitrogens with zero attached hydrogens (tertiary/aromatic N) is 4. The molecule has 0 saturated carbocycles. The van der Waals surface area contributed by atoms with Crippen LogP contribution >= 0.6 is 0 Å². The van der Waals surface area contributed by atoms with Crippen LogP contribution in [0, 0.1) is 0 Å². The summed E-state index contributed by atoms with van der Waals surface area (Å²) in [5.41, 5.74) is 1.64. The first kappa shape index (κ1) is 17.1. The topological polar surface area (TPSA) is 78.1 Å². The first-order valence-corrected chi connectivity index (χ1v) is 8.87. The molecule has 0 radical (unpaired) electrons. The molecular weight excluding hydrogens is 348 g/mol. The van der Waals surface area contributed by atoms with E-state index in [-0.39, 0.29) is 24.8 Å². The molecule has 0 aliphatic carbocycles. The van der Waals surface area contributed by atoms with Crippen molar-refractivity contribution in [1.82, 2.24) is 19.1 Å². The minimum absolute atomic E-state index is 0.0154. The molecule has 3 heterocycles. The van der Waals surface area contributed by atoms with Gasteiger partial charge in [-0.3, -0.25) is 9.59 Å². The Morgan fingerprint density at radius 2 is 1.93 bits per heavy atom. The number of hydrogen-bond donors (Lipinski definition) is 0. The van der Waals surface area contributed by atoms with Crippen LogP contribution in [0.25, 0.3) is 16.8 Å². The van der Waals surface area contributed by atoms with Gasteiger partial charge in [-0.25, -0.2) is 4.52 Å². The Kier molecular flexibility index (Phi) is 4.31. The van der Waals surface area contributed by atoms with E-state index in [4.69, 9.17) is 9.47 Å². The highest BCUT2D eigenvalue weighted by molar-refractivity contribution is 5.76. The molecule has 0 saturated heterocycles. The van der Waals surface area contributed by atoms with Crippen LogP contribution in [0.4, 0.5) is 0 Å². The lowest BCUT2D eigenvalue weighted by Gasteiger charge is -2.19. The Morgan fingerprint density at radius 3 is 2.70 bits per heavy atom. The number of amides is 1. The number of benzene rings is 1. The van der Waals surface area contributed by atoms with Crippen molar-refractivity contribution in [2.45, 2.75) is 20.4 Å². The molecule has 0 atom stereocenters. The monoisotopic (exact) mass is 368 g/mol. The van der Waals surface area contributed by atoms with Crippen LogP contribution in [0.5, 0.6) is 11.5 Å². The molecule has 1 amide bonds. The second-order valence-electron chi connectivity index (χ2n) is 6.22. The van der Waals surface area contributed by atoms with Gasteiger partial charge >= 0.3 is 0 Å². The lowest BCUT2D eigenvalue weighted by Crippen LogP contribution is -2.36. The Balaban J connectivity index is 1.68. The molecule has 1 aromatic carbocycles. The number of likely N-dealkylation sites (N-methyl/N-ethyl adjacent to an activating group) is 1. The zero-order valence-electron chi connectivity index (χ0n) is 15.2. The highest BCUT2D eigenvalue weighted by Gasteiger charge is 2.17. The molecule has 27 heavy (non-hydrogen) atoms. The number of hydrogen-bond acceptors (Lipinski definition) is 5. The first-order valence-electron chi connectivity index (χ1n) is 8.87. The number of ether oxygens (including phenoxy) is 2. The maximum atomic E-state index is 12.8. The molecule has 8 nitrogen and oxygen atoms in total. The van der Waals surface area contributed by atoms with Crippen molar-refractivity contribution in [1.29, 1.82) is 0 Å². The number of carbonyl (C=O) groups is 1.